The minimum Gasteiger partial charge on any atom is -0.453 e. The number of para-hydroxylation sites is 1. The molecule has 6 aromatic rings. The number of halogens is 4. The van der Waals surface area contributed by atoms with Gasteiger partial charge in [0.15, 0.2) is 17.3 Å². The number of fused-ring (bicyclic) bond motifs is 1. The fourth-order valence-corrected chi connectivity index (χ4v) is 6.35. The van der Waals surface area contributed by atoms with Crippen LogP contribution in [-0.4, -0.2) is 40.1 Å². The van der Waals surface area contributed by atoms with Crippen LogP contribution in [0.25, 0.3) is 26.3 Å². The van der Waals surface area contributed by atoms with Crippen LogP contribution < -0.4 is 15.4 Å². The average Bonchev–Trinajstić information content (AvgIpc) is 3.75. The molecule has 252 valence electrons. The molecule has 3 aromatic carbocycles. The Hall–Kier alpha value is -4.80. The van der Waals surface area contributed by atoms with Crippen LogP contribution in [0.3, 0.4) is 0 Å². The fraction of sp³-hybridized carbons (Fsp3) is 0.147. The Bertz CT molecular complexity index is 2050. The van der Waals surface area contributed by atoms with E-state index in [4.69, 9.17) is 9.07 Å². The van der Waals surface area contributed by atoms with E-state index in [2.05, 4.69) is 25.6 Å². The van der Waals surface area contributed by atoms with Crippen molar-refractivity contribution in [2.75, 3.05) is 24.7 Å². The van der Waals surface area contributed by atoms with Crippen molar-refractivity contribution < 1.29 is 36.3 Å². The Labute approximate surface area is 286 Å². The highest BCUT2D eigenvalue weighted by Gasteiger charge is 2.40. The summed E-state index contributed by atoms with van der Waals surface area (Å²) in [6, 6.07) is 22.9. The predicted octanol–water partition coefficient (Wildman–Crippen LogP) is 8.67. The van der Waals surface area contributed by atoms with Crippen molar-refractivity contribution in [1.29, 1.82) is 0 Å². The first-order valence-electron chi connectivity index (χ1n) is 14.7. The number of carbonyl (C=O) groups excluding carboxylic acids is 1. The third-order valence-corrected chi connectivity index (χ3v) is 8.91. The minimum atomic E-state index is -4.89. The second-order valence-corrected chi connectivity index (χ2v) is 12.3. The second-order valence-electron chi connectivity index (χ2n) is 10.4. The molecule has 0 atom stereocenters. The molecular weight excluding hydrogens is 683 g/mol. The van der Waals surface area contributed by atoms with Crippen molar-refractivity contribution in [3.63, 3.8) is 0 Å². The van der Waals surface area contributed by atoms with Crippen LogP contribution in [0.15, 0.2) is 97.3 Å². The van der Waals surface area contributed by atoms with E-state index in [0.717, 1.165) is 40.6 Å². The number of hydrogen-bond donors (Lipinski definition) is 2. The number of thiophene rings is 1. The molecule has 0 saturated carbocycles. The smallest absolute Gasteiger partial charge is 0.434 e. The van der Waals surface area contributed by atoms with Gasteiger partial charge in [-0.3, -0.25) is 9.78 Å². The number of amides is 1. The largest absolute Gasteiger partial charge is 0.453 e. The SMILES string of the molecule is COOSCCNCc1ccc(-c2cc3nccc(Oc4ccc(NC(=O)c5cnn(-c6ccccc6)c5C(F)(F)F)cc4F)c3s2)cc1. The number of anilines is 1. The highest BCUT2D eigenvalue weighted by molar-refractivity contribution is 7.94. The normalized spacial score (nSPS) is 11.6. The number of aromatic nitrogens is 3. The average molecular weight is 710 g/mol. The first kappa shape index (κ1) is 34.1. The summed E-state index contributed by atoms with van der Waals surface area (Å²) in [5.41, 5.74) is 0.872. The topological polar surface area (TPSA) is 99.5 Å². The van der Waals surface area contributed by atoms with Crippen molar-refractivity contribution in [1.82, 2.24) is 20.1 Å². The molecule has 0 unspecified atom stereocenters. The van der Waals surface area contributed by atoms with Gasteiger partial charge < -0.3 is 15.4 Å². The summed E-state index contributed by atoms with van der Waals surface area (Å²) >= 11 is 2.66. The number of pyridine rings is 1. The lowest BCUT2D eigenvalue weighted by atomic mass is 10.1. The first-order chi connectivity index (χ1) is 23.7. The van der Waals surface area contributed by atoms with E-state index in [1.54, 1.807) is 30.5 Å². The maximum atomic E-state index is 15.3. The molecule has 9 nitrogen and oxygen atoms in total. The number of benzene rings is 3. The molecule has 1 amide bonds. The van der Waals surface area contributed by atoms with Crippen LogP contribution in [-0.2, 0) is 21.9 Å². The molecule has 0 fully saturated rings. The van der Waals surface area contributed by atoms with Gasteiger partial charge in [0.05, 0.1) is 34.8 Å². The number of alkyl halides is 3. The standard InChI is InChI=1S/C34H27F4N5O4S2/c1-45-47-48-16-15-39-19-21-7-9-22(10-8-21)30-18-27-31(49-30)29(13-14-40-27)46-28-12-11-23(17-26(28)35)42-33(44)25-20-41-43(32(25)34(36,37)38)24-5-3-2-4-6-24/h2-14,17-18,20,39H,15-16,19H2,1H3,(H,42,44). The number of nitrogens with zero attached hydrogens (tertiary/aromatic N) is 3. The quantitative estimate of drug-likeness (QED) is 0.0404. The zero-order valence-electron chi connectivity index (χ0n) is 25.7. The Balaban J connectivity index is 1.14. The highest BCUT2D eigenvalue weighted by atomic mass is 32.2. The predicted molar refractivity (Wildman–Crippen MR) is 180 cm³/mol. The summed E-state index contributed by atoms with van der Waals surface area (Å²) in [6.45, 7) is 1.45. The van der Waals surface area contributed by atoms with Gasteiger partial charge in [-0.15, -0.1) is 11.3 Å². The zero-order valence-corrected chi connectivity index (χ0v) is 27.3. The maximum absolute atomic E-state index is 15.3. The van der Waals surface area contributed by atoms with Gasteiger partial charge >= 0.3 is 6.18 Å². The molecule has 6 rings (SSSR count). The molecule has 49 heavy (non-hydrogen) atoms. The number of rotatable bonds is 13. The van der Waals surface area contributed by atoms with Gasteiger partial charge in [0.25, 0.3) is 5.91 Å². The van der Waals surface area contributed by atoms with Crippen LogP contribution in [0.5, 0.6) is 11.5 Å². The van der Waals surface area contributed by atoms with Gasteiger partial charge in [-0.2, -0.15) is 22.6 Å². The number of carbonyl (C=O) groups is 1. The molecule has 0 aliphatic carbocycles. The third-order valence-electron chi connectivity index (χ3n) is 7.11. The van der Waals surface area contributed by atoms with Crippen molar-refractivity contribution >= 4 is 45.2 Å². The highest BCUT2D eigenvalue weighted by Crippen LogP contribution is 2.40. The molecule has 3 aromatic heterocycles. The number of hydrogen-bond acceptors (Lipinski definition) is 9. The van der Waals surface area contributed by atoms with E-state index >= 15 is 4.39 Å². The summed E-state index contributed by atoms with van der Waals surface area (Å²) in [7, 11) is 1.46. The summed E-state index contributed by atoms with van der Waals surface area (Å²) in [4.78, 5) is 22.9. The lowest BCUT2D eigenvalue weighted by molar-refractivity contribution is -0.160. The molecule has 0 saturated heterocycles. The summed E-state index contributed by atoms with van der Waals surface area (Å²) < 4.78 is 69.4. The molecule has 0 spiro atoms. The molecular formula is C34H27F4N5O4S2. The second kappa shape index (κ2) is 15.2. The Morgan fingerprint density at radius 1 is 1.00 bits per heavy atom. The Kier molecular flexibility index (Phi) is 10.6. The Morgan fingerprint density at radius 3 is 2.53 bits per heavy atom. The molecule has 0 aliphatic rings. The van der Waals surface area contributed by atoms with E-state index in [9.17, 15) is 18.0 Å². The van der Waals surface area contributed by atoms with E-state index in [-0.39, 0.29) is 17.1 Å². The van der Waals surface area contributed by atoms with Crippen LogP contribution >= 0.6 is 23.4 Å². The molecule has 2 N–H and O–H groups in total. The van der Waals surface area contributed by atoms with Gasteiger partial charge in [-0.1, -0.05) is 42.5 Å². The van der Waals surface area contributed by atoms with Crippen LogP contribution in [0, 0.1) is 5.82 Å². The fourth-order valence-electron chi connectivity index (χ4n) is 4.88. The first-order valence-corrected chi connectivity index (χ1v) is 16.4. The lowest BCUT2D eigenvalue weighted by Crippen LogP contribution is -2.20. The van der Waals surface area contributed by atoms with E-state index in [1.165, 1.54) is 54.8 Å². The number of nitrogens with one attached hydrogen (secondary N) is 2. The Morgan fingerprint density at radius 2 is 1.80 bits per heavy atom. The van der Waals surface area contributed by atoms with Gasteiger partial charge in [0, 0.05) is 59.8 Å². The van der Waals surface area contributed by atoms with Crippen LogP contribution in [0.4, 0.5) is 23.2 Å². The van der Waals surface area contributed by atoms with E-state index in [0.29, 0.717) is 27.2 Å². The van der Waals surface area contributed by atoms with Gasteiger partial charge in [0.2, 0.25) is 0 Å². The molecule has 15 heteroatoms. The van der Waals surface area contributed by atoms with Gasteiger partial charge in [-0.05, 0) is 41.5 Å². The third kappa shape index (κ3) is 8.09. The molecule has 0 aliphatic heterocycles. The van der Waals surface area contributed by atoms with Crippen molar-refractivity contribution in [3.05, 3.63) is 120 Å². The van der Waals surface area contributed by atoms with Crippen molar-refractivity contribution in [3.8, 4) is 27.6 Å². The molecule has 3 heterocycles. The lowest BCUT2D eigenvalue weighted by Gasteiger charge is -2.13. The van der Waals surface area contributed by atoms with Gasteiger partial charge in [-0.25, -0.2) is 14.0 Å². The van der Waals surface area contributed by atoms with Crippen molar-refractivity contribution in [2.45, 2.75) is 12.7 Å². The maximum Gasteiger partial charge on any atom is 0.434 e. The van der Waals surface area contributed by atoms with E-state index in [1.807, 2.05) is 30.3 Å². The molecule has 0 radical (unpaired) electrons. The summed E-state index contributed by atoms with van der Waals surface area (Å²) in [5, 5.41) is 9.46. The number of ether oxygens (including phenoxy) is 1. The monoisotopic (exact) mass is 709 g/mol. The summed E-state index contributed by atoms with van der Waals surface area (Å²) in [6.07, 6.45) is -2.50. The molecule has 0 bridgehead atoms. The van der Waals surface area contributed by atoms with E-state index < -0.39 is 29.2 Å². The minimum absolute atomic E-state index is 0.0635. The summed E-state index contributed by atoms with van der Waals surface area (Å²) in [5.74, 6) is -0.955. The van der Waals surface area contributed by atoms with Gasteiger partial charge in [0.1, 0.15) is 5.75 Å². The zero-order chi connectivity index (χ0) is 34.4. The van der Waals surface area contributed by atoms with Crippen LogP contribution in [0.1, 0.15) is 21.6 Å². The van der Waals surface area contributed by atoms with Crippen LogP contribution in [0.2, 0.25) is 0 Å². The van der Waals surface area contributed by atoms with Crippen molar-refractivity contribution in [2.24, 2.45) is 0 Å².